The summed E-state index contributed by atoms with van der Waals surface area (Å²) in [5.74, 6) is -2.19. The van der Waals surface area contributed by atoms with Gasteiger partial charge in [-0.25, -0.2) is 14.4 Å². The van der Waals surface area contributed by atoms with E-state index in [4.69, 9.17) is 10.00 Å². The van der Waals surface area contributed by atoms with Crippen LogP contribution >= 0.6 is 0 Å². The number of imidazole rings is 1. The molecule has 13 heteroatoms. The number of piperazine rings is 1. The molecule has 0 saturated carbocycles. The Hall–Kier alpha value is -5.09. The zero-order valence-corrected chi connectivity index (χ0v) is 24.7. The Morgan fingerprint density at radius 1 is 1.07 bits per heavy atom. The van der Waals surface area contributed by atoms with Crippen LogP contribution in [0.15, 0.2) is 48.9 Å². The molecule has 0 radical (unpaired) electrons. The van der Waals surface area contributed by atoms with Crippen molar-refractivity contribution < 1.29 is 23.1 Å². The third kappa shape index (κ3) is 6.01. The zero-order valence-electron chi connectivity index (χ0n) is 24.7. The fourth-order valence-corrected chi connectivity index (χ4v) is 5.92. The second kappa shape index (κ2) is 12.9. The highest BCUT2D eigenvalue weighted by Gasteiger charge is 2.31. The molecule has 2 N–H and O–H groups in total. The number of halogens is 2. The molecule has 4 heterocycles. The van der Waals surface area contributed by atoms with E-state index in [1.165, 1.54) is 24.5 Å². The lowest BCUT2D eigenvalue weighted by atomic mass is 9.94. The summed E-state index contributed by atoms with van der Waals surface area (Å²) in [6.07, 6.45) is 5.84. The van der Waals surface area contributed by atoms with Crippen LogP contribution in [0.25, 0.3) is 16.9 Å². The largest absolute Gasteiger partial charge is 0.476 e. The van der Waals surface area contributed by atoms with Crippen LogP contribution in [0.5, 0.6) is 5.75 Å². The van der Waals surface area contributed by atoms with Crippen LogP contribution in [-0.2, 0) is 4.79 Å². The van der Waals surface area contributed by atoms with Crippen LogP contribution < -0.4 is 15.4 Å². The lowest BCUT2D eigenvalue weighted by Gasteiger charge is -2.36. The minimum Gasteiger partial charge on any atom is -0.476 e. The predicted octanol–water partition coefficient (Wildman–Crippen LogP) is 3.91. The van der Waals surface area contributed by atoms with E-state index >= 15 is 0 Å². The summed E-state index contributed by atoms with van der Waals surface area (Å²) in [5.41, 5.74) is 2.68. The Labute approximate surface area is 258 Å². The first-order chi connectivity index (χ1) is 21.9. The van der Waals surface area contributed by atoms with Crippen molar-refractivity contribution in [3.05, 3.63) is 71.7 Å². The Bertz CT molecular complexity index is 1790. The Kier molecular flexibility index (Phi) is 8.57. The van der Waals surface area contributed by atoms with Crippen molar-refractivity contribution in [2.75, 3.05) is 51.2 Å². The number of likely N-dealkylation sites (tertiary alicyclic amines) is 1. The van der Waals surface area contributed by atoms with Crippen molar-refractivity contribution >= 4 is 29.0 Å². The highest BCUT2D eigenvalue weighted by Crippen LogP contribution is 2.32. The number of ether oxygens (including phenoxy) is 1. The molecule has 2 aliphatic heterocycles. The molecule has 2 aliphatic rings. The molecule has 2 fully saturated rings. The lowest BCUT2D eigenvalue weighted by molar-refractivity contribution is -0.137. The van der Waals surface area contributed by atoms with Gasteiger partial charge in [0.2, 0.25) is 11.7 Å². The topological polar surface area (TPSA) is 128 Å². The van der Waals surface area contributed by atoms with Gasteiger partial charge in [-0.3, -0.25) is 14.0 Å². The van der Waals surface area contributed by atoms with Crippen LogP contribution in [-0.4, -0.2) is 81.9 Å². The number of hydrogen-bond acceptors (Lipinski definition) is 8. The molecule has 2 saturated heterocycles. The van der Waals surface area contributed by atoms with Gasteiger partial charge in [-0.2, -0.15) is 9.65 Å². The van der Waals surface area contributed by atoms with E-state index in [1.54, 1.807) is 28.8 Å². The van der Waals surface area contributed by atoms with Gasteiger partial charge < -0.3 is 25.2 Å². The SMILES string of the molecule is Cc1cc(Nc2nccn3c(-c4ccc(OCC#N)c(F)c4F)cnc23)ccc1C(=O)N1CCC(C(=O)N2CCNCC2)CC1. The zero-order chi connectivity index (χ0) is 31.5. The number of anilines is 2. The molecule has 0 unspecified atom stereocenters. The first-order valence-corrected chi connectivity index (χ1v) is 14.8. The molecule has 11 nitrogen and oxygen atoms in total. The fraction of sp³-hybridized carbons (Fsp3) is 0.344. The summed E-state index contributed by atoms with van der Waals surface area (Å²) in [7, 11) is 0. The molecule has 0 spiro atoms. The van der Waals surface area contributed by atoms with E-state index < -0.39 is 18.2 Å². The number of nitrogens with zero attached hydrogens (tertiary/aromatic N) is 6. The summed E-state index contributed by atoms with van der Waals surface area (Å²) in [6.45, 7) is 5.63. The first-order valence-electron chi connectivity index (χ1n) is 14.8. The summed E-state index contributed by atoms with van der Waals surface area (Å²) in [4.78, 5) is 38.8. The maximum absolute atomic E-state index is 15.0. The minimum absolute atomic E-state index is 0.0302. The van der Waals surface area contributed by atoms with Crippen molar-refractivity contribution in [2.45, 2.75) is 19.8 Å². The highest BCUT2D eigenvalue weighted by molar-refractivity contribution is 5.96. The van der Waals surface area contributed by atoms with Gasteiger partial charge in [-0.15, -0.1) is 0 Å². The standard InChI is InChI=1S/C32H32F2N8O3/c1-20-18-22(2-3-23(20)32(44)40-12-6-21(7-13-40)31(43)41-14-9-36-10-15-41)39-29-30-38-19-25(42(30)16-11-37-29)24-4-5-26(45-17-8-35)28(34)27(24)33/h2-5,11,16,18-19,21,36H,6-7,9-10,12-15,17H2,1H3,(H,37,39). The molecule has 232 valence electrons. The number of piperidine rings is 1. The smallest absolute Gasteiger partial charge is 0.254 e. The van der Waals surface area contributed by atoms with Gasteiger partial charge in [0.15, 0.2) is 29.6 Å². The number of carbonyl (C=O) groups is 2. The molecule has 45 heavy (non-hydrogen) atoms. The maximum atomic E-state index is 15.0. The van der Waals surface area contributed by atoms with E-state index in [2.05, 4.69) is 20.6 Å². The Morgan fingerprint density at radius 2 is 1.84 bits per heavy atom. The van der Waals surface area contributed by atoms with Gasteiger partial charge in [0.1, 0.15) is 6.07 Å². The summed E-state index contributed by atoms with van der Waals surface area (Å²) >= 11 is 0. The normalized spacial score (nSPS) is 15.6. The van der Waals surface area contributed by atoms with Crippen molar-refractivity contribution in [1.29, 1.82) is 5.26 Å². The fourth-order valence-electron chi connectivity index (χ4n) is 5.92. The van der Waals surface area contributed by atoms with Gasteiger partial charge in [0.05, 0.1) is 11.9 Å². The number of hydrogen-bond donors (Lipinski definition) is 2. The molecular weight excluding hydrogens is 582 g/mol. The van der Waals surface area contributed by atoms with Gasteiger partial charge in [0.25, 0.3) is 5.91 Å². The summed E-state index contributed by atoms with van der Waals surface area (Å²) in [6, 6.07) is 9.76. The number of aryl methyl sites for hydroxylation is 1. The molecule has 0 aliphatic carbocycles. The van der Waals surface area contributed by atoms with Crippen molar-refractivity contribution in [3.63, 3.8) is 0 Å². The summed E-state index contributed by atoms with van der Waals surface area (Å²) < 4.78 is 36.1. The van der Waals surface area contributed by atoms with Crippen LogP contribution in [0, 0.1) is 35.8 Å². The minimum atomic E-state index is -1.19. The van der Waals surface area contributed by atoms with Crippen LogP contribution in [0.3, 0.4) is 0 Å². The van der Waals surface area contributed by atoms with E-state index in [-0.39, 0.29) is 29.0 Å². The molecular formula is C32H32F2N8O3. The molecule has 0 atom stereocenters. The van der Waals surface area contributed by atoms with Crippen molar-refractivity contribution in [2.24, 2.45) is 5.92 Å². The predicted molar refractivity (Wildman–Crippen MR) is 162 cm³/mol. The van der Waals surface area contributed by atoms with E-state index in [0.717, 1.165) is 31.7 Å². The van der Waals surface area contributed by atoms with E-state index in [1.807, 2.05) is 22.8 Å². The van der Waals surface area contributed by atoms with Crippen molar-refractivity contribution in [3.8, 4) is 23.1 Å². The molecule has 4 aromatic rings. The number of aromatic nitrogens is 3. The van der Waals surface area contributed by atoms with E-state index in [0.29, 0.717) is 54.3 Å². The summed E-state index contributed by atoms with van der Waals surface area (Å²) in [5, 5.41) is 15.2. The van der Waals surface area contributed by atoms with Gasteiger partial charge in [0, 0.05) is 74.4 Å². The first kappa shape index (κ1) is 30.0. The lowest BCUT2D eigenvalue weighted by Crippen LogP contribution is -2.50. The molecule has 2 amide bonds. The van der Waals surface area contributed by atoms with Gasteiger partial charge in [-0.05, 0) is 55.7 Å². The van der Waals surface area contributed by atoms with Crippen LogP contribution in [0.1, 0.15) is 28.8 Å². The molecule has 2 aromatic carbocycles. The number of benzene rings is 2. The molecule has 0 bridgehead atoms. The number of rotatable bonds is 7. The number of fused-ring (bicyclic) bond motifs is 1. The maximum Gasteiger partial charge on any atom is 0.254 e. The molecule has 6 rings (SSSR count). The molecule has 2 aromatic heterocycles. The third-order valence-corrected chi connectivity index (χ3v) is 8.32. The second-order valence-corrected chi connectivity index (χ2v) is 11.1. The second-order valence-electron chi connectivity index (χ2n) is 11.1. The number of nitrogens with one attached hydrogen (secondary N) is 2. The van der Waals surface area contributed by atoms with Crippen LogP contribution in [0.2, 0.25) is 0 Å². The average Bonchev–Trinajstić information content (AvgIpc) is 3.50. The highest BCUT2D eigenvalue weighted by atomic mass is 19.2. The number of carbonyl (C=O) groups excluding carboxylic acids is 2. The quantitative estimate of drug-likeness (QED) is 0.321. The third-order valence-electron chi connectivity index (χ3n) is 8.32. The number of nitriles is 1. The van der Waals surface area contributed by atoms with E-state index in [9.17, 15) is 18.4 Å². The van der Waals surface area contributed by atoms with Crippen LogP contribution in [0.4, 0.5) is 20.3 Å². The van der Waals surface area contributed by atoms with Gasteiger partial charge >= 0.3 is 0 Å². The Balaban J connectivity index is 1.15. The number of amides is 2. The average molecular weight is 615 g/mol. The monoisotopic (exact) mass is 614 g/mol. The van der Waals surface area contributed by atoms with Crippen molar-refractivity contribution in [1.82, 2.24) is 29.5 Å². The van der Waals surface area contributed by atoms with Gasteiger partial charge in [-0.1, -0.05) is 0 Å². The Morgan fingerprint density at radius 3 is 2.58 bits per heavy atom.